The molecule has 0 fully saturated rings. The van der Waals surface area contributed by atoms with Crippen molar-refractivity contribution in [2.75, 3.05) is 0 Å². The monoisotopic (exact) mass is 351 g/mol. The summed E-state index contributed by atoms with van der Waals surface area (Å²) in [4.78, 5) is 0. The van der Waals surface area contributed by atoms with Gasteiger partial charge >= 0.3 is 69.9 Å². The predicted octanol–water partition coefficient (Wildman–Crippen LogP) is 3.52. The third-order valence-corrected chi connectivity index (χ3v) is 10.3. The van der Waals surface area contributed by atoms with E-state index in [0.29, 0.717) is 0 Å². The fraction of sp³-hybridized carbons (Fsp3) is 0.200. The normalized spacial score (nSPS) is 19.4. The van der Waals surface area contributed by atoms with Gasteiger partial charge in [0, 0.05) is 0 Å². The molecule has 0 unspecified atom stereocenters. The quantitative estimate of drug-likeness (QED) is 0.677. The number of halogens is 3. The molecule has 9 heavy (non-hydrogen) atoms. The average Bonchev–Trinajstić information content (AvgIpc) is 2.08. The van der Waals surface area contributed by atoms with Gasteiger partial charge in [0.05, 0.1) is 0 Å². The molecule has 0 N–H and O–H groups in total. The fourth-order valence-electron chi connectivity index (χ4n) is 0.615. The maximum absolute atomic E-state index is 5.78. The summed E-state index contributed by atoms with van der Waals surface area (Å²) >= 11 is -3.20. The van der Waals surface area contributed by atoms with Crippen LogP contribution in [-0.4, -0.2) is 0 Å². The molecule has 0 amide bonds. The summed E-state index contributed by atoms with van der Waals surface area (Å²) in [6.45, 7) is 0. The molecule has 0 aromatic carbocycles. The number of allylic oxidation sites excluding steroid dienone is 4. The van der Waals surface area contributed by atoms with E-state index in [1.54, 1.807) is 0 Å². The molecule has 0 bridgehead atoms. The van der Waals surface area contributed by atoms with Crippen molar-refractivity contribution in [1.29, 1.82) is 0 Å². The van der Waals surface area contributed by atoms with Gasteiger partial charge < -0.3 is 0 Å². The molecule has 0 saturated heterocycles. The van der Waals surface area contributed by atoms with Gasteiger partial charge in [-0.05, 0) is 0 Å². The van der Waals surface area contributed by atoms with Gasteiger partial charge in [0.1, 0.15) is 0 Å². The van der Waals surface area contributed by atoms with E-state index in [-0.39, 0.29) is 4.14 Å². The topological polar surface area (TPSA) is 0 Å². The van der Waals surface area contributed by atoms with Crippen LogP contribution in [0.4, 0.5) is 0 Å². The van der Waals surface area contributed by atoms with Gasteiger partial charge in [-0.3, -0.25) is 0 Å². The first-order valence-corrected chi connectivity index (χ1v) is 16.2. The molecule has 0 aromatic rings. The molecule has 0 radical (unpaired) electrons. The van der Waals surface area contributed by atoms with Crippen molar-refractivity contribution >= 4 is 27.6 Å². The molecule has 0 spiro atoms. The van der Waals surface area contributed by atoms with Crippen LogP contribution in [0.5, 0.6) is 0 Å². The molecular weight excluding hydrogens is 347 g/mol. The molecule has 51 valence electrons. The molecule has 1 aliphatic rings. The molecular formula is C5H5Cl3Ta. The van der Waals surface area contributed by atoms with Crippen molar-refractivity contribution in [2.24, 2.45) is 0 Å². The van der Waals surface area contributed by atoms with E-state index in [0.717, 1.165) is 0 Å². The van der Waals surface area contributed by atoms with E-state index in [1.165, 1.54) is 0 Å². The van der Waals surface area contributed by atoms with E-state index >= 15 is 0 Å². The Hall–Kier alpha value is 1.09. The second-order valence-corrected chi connectivity index (χ2v) is 24.7. The standard InChI is InChI=1S/C5H5.3ClH.Ta/c1-2-4-5-3-1;;;;/h1-5H;3*1H;/q;;;;+3/p-3. The molecule has 1 aliphatic carbocycles. The van der Waals surface area contributed by atoms with Gasteiger partial charge in [0.25, 0.3) is 0 Å². The van der Waals surface area contributed by atoms with E-state index < -0.39 is 13.9 Å². The second-order valence-electron chi connectivity index (χ2n) is 1.74. The summed E-state index contributed by atoms with van der Waals surface area (Å²) in [5.41, 5.74) is 0. The zero-order valence-electron chi connectivity index (χ0n) is 4.47. The zero-order valence-corrected chi connectivity index (χ0v) is 9.95. The van der Waals surface area contributed by atoms with Crippen molar-refractivity contribution in [2.45, 2.75) is 4.14 Å². The molecule has 0 heterocycles. The van der Waals surface area contributed by atoms with Crippen molar-refractivity contribution in [1.82, 2.24) is 0 Å². The summed E-state index contributed by atoms with van der Waals surface area (Å²) in [6.07, 6.45) is 7.74. The number of hydrogen-bond acceptors (Lipinski definition) is 0. The first-order chi connectivity index (χ1) is 4.11. The Morgan fingerprint density at radius 1 is 1.00 bits per heavy atom. The Bertz CT molecular complexity index is 144. The third kappa shape index (κ3) is 2.30. The maximum atomic E-state index is 5.78. The predicted molar refractivity (Wildman–Crippen MR) is 39.6 cm³/mol. The Labute approximate surface area is 69.5 Å². The van der Waals surface area contributed by atoms with Gasteiger partial charge in [0.15, 0.2) is 0 Å². The van der Waals surface area contributed by atoms with Crippen LogP contribution >= 0.6 is 27.6 Å². The van der Waals surface area contributed by atoms with E-state index in [1.807, 2.05) is 24.3 Å². The molecule has 0 atom stereocenters. The van der Waals surface area contributed by atoms with Crippen molar-refractivity contribution in [3.63, 3.8) is 0 Å². The minimum absolute atomic E-state index is 0.162. The third-order valence-electron chi connectivity index (χ3n) is 1.07. The van der Waals surface area contributed by atoms with Crippen molar-refractivity contribution in [3.05, 3.63) is 24.3 Å². The van der Waals surface area contributed by atoms with Crippen LogP contribution in [0.15, 0.2) is 24.3 Å². The Morgan fingerprint density at radius 2 is 1.44 bits per heavy atom. The number of rotatable bonds is 1. The van der Waals surface area contributed by atoms with Crippen LogP contribution in [0.3, 0.4) is 0 Å². The average molecular weight is 352 g/mol. The van der Waals surface area contributed by atoms with Gasteiger partial charge in [-0.2, -0.15) is 0 Å². The molecule has 0 nitrogen and oxygen atoms in total. The van der Waals surface area contributed by atoms with E-state index in [9.17, 15) is 0 Å². The van der Waals surface area contributed by atoms with Crippen LogP contribution in [0.25, 0.3) is 0 Å². The fourth-order valence-corrected chi connectivity index (χ4v) is 5.93. The first kappa shape index (κ1) is 8.19. The Balaban J connectivity index is 2.64. The molecule has 0 aromatic heterocycles. The van der Waals surface area contributed by atoms with Crippen LogP contribution in [0, 0.1) is 0 Å². The van der Waals surface area contributed by atoms with Crippen LogP contribution in [-0.2, 0) is 13.9 Å². The molecule has 4 heteroatoms. The van der Waals surface area contributed by atoms with Crippen molar-refractivity contribution in [3.8, 4) is 0 Å². The van der Waals surface area contributed by atoms with E-state index in [4.69, 9.17) is 27.6 Å². The molecule has 0 aliphatic heterocycles. The molecule has 1 rings (SSSR count). The number of hydrogen-bond donors (Lipinski definition) is 0. The van der Waals surface area contributed by atoms with Gasteiger partial charge in [0.2, 0.25) is 0 Å². The van der Waals surface area contributed by atoms with Gasteiger partial charge in [-0.15, -0.1) is 0 Å². The Kier molecular flexibility index (Phi) is 2.73. The molecule has 0 saturated carbocycles. The minimum atomic E-state index is -3.20. The summed E-state index contributed by atoms with van der Waals surface area (Å²) < 4.78 is 0.162. The SMILES string of the molecule is [Cl][Ta]([Cl])([Cl])[CH]1C=CC=C1. The summed E-state index contributed by atoms with van der Waals surface area (Å²) in [5, 5.41) is 0. The Morgan fingerprint density at radius 3 is 1.67 bits per heavy atom. The second kappa shape index (κ2) is 3.00. The van der Waals surface area contributed by atoms with Crippen LogP contribution < -0.4 is 0 Å². The van der Waals surface area contributed by atoms with Crippen LogP contribution in [0.2, 0.25) is 4.14 Å². The van der Waals surface area contributed by atoms with Gasteiger partial charge in [-0.1, -0.05) is 0 Å². The van der Waals surface area contributed by atoms with Crippen LogP contribution in [0.1, 0.15) is 0 Å². The van der Waals surface area contributed by atoms with E-state index in [2.05, 4.69) is 0 Å². The van der Waals surface area contributed by atoms with Crippen molar-refractivity contribution < 1.29 is 13.9 Å². The summed E-state index contributed by atoms with van der Waals surface area (Å²) in [7, 11) is 17.3. The summed E-state index contributed by atoms with van der Waals surface area (Å²) in [6, 6.07) is 0. The van der Waals surface area contributed by atoms with Gasteiger partial charge in [-0.25, -0.2) is 0 Å². The summed E-state index contributed by atoms with van der Waals surface area (Å²) in [5.74, 6) is 0. The first-order valence-electron chi connectivity index (χ1n) is 2.43. The zero-order chi connectivity index (χ0) is 6.91.